The molecule has 0 saturated heterocycles. The molecule has 1 atom stereocenters. The van der Waals surface area contributed by atoms with Crippen LogP contribution in [0.1, 0.15) is 17.2 Å². The highest BCUT2D eigenvalue weighted by atomic mass is 19.1. The van der Waals surface area contributed by atoms with Gasteiger partial charge in [-0.25, -0.2) is 4.39 Å². The summed E-state index contributed by atoms with van der Waals surface area (Å²) in [5.74, 6) is 1.15. The van der Waals surface area contributed by atoms with Crippen molar-refractivity contribution >= 4 is 0 Å². The zero-order chi connectivity index (χ0) is 14.8. The van der Waals surface area contributed by atoms with Crippen LogP contribution in [0, 0.1) is 5.82 Å². The van der Waals surface area contributed by atoms with E-state index in [2.05, 4.69) is 0 Å². The van der Waals surface area contributed by atoms with E-state index >= 15 is 0 Å². The Balaban J connectivity index is 1.74. The van der Waals surface area contributed by atoms with E-state index in [9.17, 15) is 4.39 Å². The van der Waals surface area contributed by atoms with Crippen LogP contribution >= 0.6 is 0 Å². The highest BCUT2D eigenvalue weighted by molar-refractivity contribution is 5.45. The van der Waals surface area contributed by atoms with E-state index in [-0.39, 0.29) is 18.4 Å². The molecule has 2 aromatic rings. The van der Waals surface area contributed by atoms with Gasteiger partial charge in [-0.3, -0.25) is 0 Å². The van der Waals surface area contributed by atoms with E-state index < -0.39 is 5.82 Å². The highest BCUT2D eigenvalue weighted by Gasteiger charge is 2.20. The Kier molecular flexibility index (Phi) is 3.66. The quantitative estimate of drug-likeness (QED) is 0.940. The van der Waals surface area contributed by atoms with E-state index in [1.54, 1.807) is 24.3 Å². The number of ether oxygens (including phenoxy) is 3. The van der Waals surface area contributed by atoms with Gasteiger partial charge in [-0.1, -0.05) is 12.1 Å². The zero-order valence-electron chi connectivity index (χ0n) is 11.6. The number of hydrogen-bond donors (Lipinski definition) is 1. The predicted octanol–water partition coefficient (Wildman–Crippen LogP) is 2.81. The van der Waals surface area contributed by atoms with Gasteiger partial charge in [0.05, 0.1) is 13.2 Å². The van der Waals surface area contributed by atoms with Crippen LogP contribution in [0.2, 0.25) is 0 Å². The first kappa shape index (κ1) is 13.7. The number of methoxy groups -OCH3 is 1. The summed E-state index contributed by atoms with van der Waals surface area (Å²) in [5.41, 5.74) is 7.29. The molecule has 1 unspecified atom stereocenters. The van der Waals surface area contributed by atoms with E-state index in [1.807, 2.05) is 12.1 Å². The molecule has 110 valence electrons. The van der Waals surface area contributed by atoms with Crippen LogP contribution in [0.3, 0.4) is 0 Å². The van der Waals surface area contributed by atoms with Crippen LogP contribution in [0.15, 0.2) is 36.4 Å². The Labute approximate surface area is 122 Å². The first-order valence-electron chi connectivity index (χ1n) is 6.65. The molecule has 1 aliphatic heterocycles. The second-order valence-corrected chi connectivity index (χ2v) is 4.84. The van der Waals surface area contributed by atoms with Gasteiger partial charge in [0.2, 0.25) is 0 Å². The lowest BCUT2D eigenvalue weighted by molar-refractivity contribution is 0.292. The van der Waals surface area contributed by atoms with Crippen molar-refractivity contribution in [2.45, 2.75) is 12.6 Å². The highest BCUT2D eigenvalue weighted by Crippen LogP contribution is 2.34. The minimum atomic E-state index is -0.403. The molecule has 0 fully saturated rings. The van der Waals surface area contributed by atoms with Crippen molar-refractivity contribution in [3.8, 4) is 17.2 Å². The van der Waals surface area contributed by atoms with Gasteiger partial charge in [-0.15, -0.1) is 0 Å². The lowest BCUT2D eigenvalue weighted by atomic mass is 10.1. The molecular weight excluding hydrogens is 273 g/mol. The maximum absolute atomic E-state index is 14.0. The average Bonchev–Trinajstić information content (AvgIpc) is 2.87. The predicted molar refractivity (Wildman–Crippen MR) is 76.1 cm³/mol. The van der Waals surface area contributed by atoms with Crippen molar-refractivity contribution in [1.82, 2.24) is 0 Å². The summed E-state index contributed by atoms with van der Waals surface area (Å²) in [4.78, 5) is 0. The van der Waals surface area contributed by atoms with Crippen LogP contribution in [0.4, 0.5) is 4.39 Å². The van der Waals surface area contributed by atoms with Gasteiger partial charge in [0.15, 0.2) is 11.6 Å². The van der Waals surface area contributed by atoms with Gasteiger partial charge >= 0.3 is 0 Å². The lowest BCUT2D eigenvalue weighted by Crippen LogP contribution is -2.10. The molecule has 2 N–H and O–H groups in total. The molecule has 0 amide bonds. The van der Waals surface area contributed by atoms with Crippen LogP contribution in [-0.2, 0) is 6.61 Å². The topological polar surface area (TPSA) is 53.7 Å². The van der Waals surface area contributed by atoms with Crippen molar-refractivity contribution in [1.29, 1.82) is 0 Å². The van der Waals surface area contributed by atoms with E-state index in [1.165, 1.54) is 7.11 Å². The summed E-state index contributed by atoms with van der Waals surface area (Å²) in [6, 6.07) is 10.3. The maximum Gasteiger partial charge on any atom is 0.171 e. The van der Waals surface area contributed by atoms with Crippen molar-refractivity contribution < 1.29 is 18.6 Å². The largest absolute Gasteiger partial charge is 0.494 e. The zero-order valence-corrected chi connectivity index (χ0v) is 11.6. The summed E-state index contributed by atoms with van der Waals surface area (Å²) in [5, 5.41) is 0. The molecule has 4 nitrogen and oxygen atoms in total. The molecule has 0 aromatic heterocycles. The first-order chi connectivity index (χ1) is 10.2. The second-order valence-electron chi connectivity index (χ2n) is 4.84. The summed E-state index contributed by atoms with van der Waals surface area (Å²) in [6.45, 7) is 0.594. The van der Waals surface area contributed by atoms with Gasteiger partial charge in [0.1, 0.15) is 24.7 Å². The number of nitrogens with two attached hydrogens (primary N) is 1. The summed E-state index contributed by atoms with van der Waals surface area (Å²) < 4.78 is 30.0. The minimum absolute atomic E-state index is 0.0927. The minimum Gasteiger partial charge on any atom is -0.494 e. The third kappa shape index (κ3) is 2.64. The van der Waals surface area contributed by atoms with E-state index in [0.717, 1.165) is 11.3 Å². The summed E-state index contributed by atoms with van der Waals surface area (Å²) in [6.07, 6.45) is 0. The molecule has 2 aromatic carbocycles. The molecule has 5 heteroatoms. The molecule has 0 saturated carbocycles. The summed E-state index contributed by atoms with van der Waals surface area (Å²) in [7, 11) is 1.43. The fraction of sp³-hybridized carbons (Fsp3) is 0.250. The van der Waals surface area contributed by atoms with E-state index in [0.29, 0.717) is 17.9 Å². The molecular formula is C16H16FNO3. The molecule has 21 heavy (non-hydrogen) atoms. The lowest BCUT2D eigenvalue weighted by Gasteiger charge is -2.10. The molecule has 0 radical (unpaired) electrons. The Morgan fingerprint density at radius 2 is 2.19 bits per heavy atom. The average molecular weight is 289 g/mol. The normalized spacial score (nSPS) is 16.2. The molecule has 3 rings (SSSR count). The third-order valence-corrected chi connectivity index (χ3v) is 3.46. The Hall–Kier alpha value is -2.27. The number of hydrogen-bond acceptors (Lipinski definition) is 4. The number of benzene rings is 2. The molecule has 1 aliphatic rings. The van der Waals surface area contributed by atoms with Gasteiger partial charge < -0.3 is 19.9 Å². The van der Waals surface area contributed by atoms with Crippen LogP contribution in [0.25, 0.3) is 0 Å². The van der Waals surface area contributed by atoms with Gasteiger partial charge in [0, 0.05) is 17.2 Å². The Morgan fingerprint density at radius 1 is 1.33 bits per heavy atom. The fourth-order valence-electron chi connectivity index (χ4n) is 2.29. The van der Waals surface area contributed by atoms with Crippen molar-refractivity contribution in [2.24, 2.45) is 5.73 Å². The van der Waals surface area contributed by atoms with Crippen molar-refractivity contribution in [3.63, 3.8) is 0 Å². The van der Waals surface area contributed by atoms with E-state index in [4.69, 9.17) is 19.9 Å². The fourth-order valence-corrected chi connectivity index (χ4v) is 2.29. The smallest absolute Gasteiger partial charge is 0.171 e. The van der Waals surface area contributed by atoms with Crippen molar-refractivity contribution in [3.05, 3.63) is 53.3 Å². The number of halogens is 1. The Morgan fingerprint density at radius 3 is 3.00 bits per heavy atom. The van der Waals surface area contributed by atoms with Crippen LogP contribution in [-0.4, -0.2) is 13.7 Å². The monoisotopic (exact) mass is 289 g/mol. The first-order valence-corrected chi connectivity index (χ1v) is 6.65. The molecule has 0 spiro atoms. The Bertz CT molecular complexity index is 660. The SMILES string of the molecule is COc1cccc(COc2ccc3c(c2)OCC3N)c1F. The standard InChI is InChI=1S/C16H16FNO3/c1-19-14-4-2-3-10(16(14)17)8-20-11-5-6-12-13(18)9-21-15(12)7-11/h2-7,13H,8-9,18H2,1H3. The van der Waals surface area contributed by atoms with Crippen molar-refractivity contribution in [2.75, 3.05) is 13.7 Å². The third-order valence-electron chi connectivity index (χ3n) is 3.46. The number of fused-ring (bicyclic) bond motifs is 1. The molecule has 0 bridgehead atoms. The van der Waals surface area contributed by atoms with Gasteiger partial charge in [-0.05, 0) is 18.2 Å². The summed E-state index contributed by atoms with van der Waals surface area (Å²) >= 11 is 0. The van der Waals surface area contributed by atoms with Gasteiger partial charge in [0.25, 0.3) is 0 Å². The van der Waals surface area contributed by atoms with Crippen LogP contribution in [0.5, 0.6) is 17.2 Å². The second kappa shape index (κ2) is 5.61. The molecule has 1 heterocycles. The number of rotatable bonds is 4. The molecule has 0 aliphatic carbocycles. The van der Waals surface area contributed by atoms with Gasteiger partial charge in [-0.2, -0.15) is 0 Å². The maximum atomic E-state index is 14.0. The van der Waals surface area contributed by atoms with Crippen LogP contribution < -0.4 is 19.9 Å².